The van der Waals surface area contributed by atoms with Crippen molar-refractivity contribution in [3.05, 3.63) is 35.4 Å². The molecule has 0 radical (unpaired) electrons. The molecule has 0 fully saturated rings. The highest BCUT2D eigenvalue weighted by atomic mass is 16.5. The van der Waals surface area contributed by atoms with Crippen molar-refractivity contribution in [2.24, 2.45) is 0 Å². The van der Waals surface area contributed by atoms with Crippen molar-refractivity contribution in [3.8, 4) is 34.1 Å². The highest BCUT2D eigenvalue weighted by Gasteiger charge is 2.22. The predicted molar refractivity (Wildman–Crippen MR) is 98.1 cm³/mol. The Kier molecular flexibility index (Phi) is 5.87. The number of ether oxygens (including phenoxy) is 4. The average molecular weight is 358 g/mol. The summed E-state index contributed by atoms with van der Waals surface area (Å²) in [5, 5.41) is 0. The molecule has 0 aliphatic carbocycles. The van der Waals surface area contributed by atoms with Gasteiger partial charge in [-0.15, -0.1) is 0 Å². The van der Waals surface area contributed by atoms with E-state index in [9.17, 15) is 9.59 Å². The Hall–Kier alpha value is -3.02. The van der Waals surface area contributed by atoms with E-state index in [2.05, 4.69) is 0 Å². The first-order valence-corrected chi connectivity index (χ1v) is 7.92. The van der Waals surface area contributed by atoms with Crippen LogP contribution in [0.5, 0.6) is 23.0 Å². The lowest BCUT2D eigenvalue weighted by Crippen LogP contribution is -2.02. The standard InChI is InChI=1S/C20H22O6/c1-11(21)13-7-15(19(25-5)17(9-13)23-3)16-8-14(12(2)22)10-18(24-4)20(16)26-6/h7-10H,1-6H3. The van der Waals surface area contributed by atoms with E-state index in [0.29, 0.717) is 45.3 Å². The largest absolute Gasteiger partial charge is 0.493 e. The summed E-state index contributed by atoms with van der Waals surface area (Å²) in [5.74, 6) is 1.42. The van der Waals surface area contributed by atoms with Gasteiger partial charge in [0.05, 0.1) is 28.4 Å². The van der Waals surface area contributed by atoms with Crippen LogP contribution in [0.2, 0.25) is 0 Å². The first-order valence-electron chi connectivity index (χ1n) is 7.92. The second-order valence-electron chi connectivity index (χ2n) is 5.63. The molecule has 2 aromatic carbocycles. The number of ketones is 2. The third kappa shape index (κ3) is 3.49. The Balaban J connectivity index is 2.93. The van der Waals surface area contributed by atoms with Gasteiger partial charge in [-0.3, -0.25) is 9.59 Å². The van der Waals surface area contributed by atoms with Gasteiger partial charge in [0, 0.05) is 22.3 Å². The molecule has 0 aromatic heterocycles. The van der Waals surface area contributed by atoms with E-state index in [1.807, 2.05) is 0 Å². The molecule has 2 aromatic rings. The SMILES string of the molecule is COc1cc(C(C)=O)cc(-c2cc(C(C)=O)cc(OC)c2OC)c1OC. The van der Waals surface area contributed by atoms with Gasteiger partial charge in [-0.05, 0) is 38.1 Å². The van der Waals surface area contributed by atoms with Crippen LogP contribution in [-0.2, 0) is 0 Å². The topological polar surface area (TPSA) is 71.1 Å². The van der Waals surface area contributed by atoms with E-state index in [1.54, 1.807) is 24.3 Å². The van der Waals surface area contributed by atoms with Gasteiger partial charge in [-0.25, -0.2) is 0 Å². The molecule has 0 saturated carbocycles. The highest BCUT2D eigenvalue weighted by Crippen LogP contribution is 2.46. The minimum Gasteiger partial charge on any atom is -0.493 e. The highest BCUT2D eigenvalue weighted by molar-refractivity contribution is 6.00. The molecule has 0 amide bonds. The molecule has 0 unspecified atom stereocenters. The zero-order valence-electron chi connectivity index (χ0n) is 15.8. The van der Waals surface area contributed by atoms with Crippen LogP contribution in [-0.4, -0.2) is 40.0 Å². The van der Waals surface area contributed by atoms with E-state index < -0.39 is 0 Å². The molecule has 2 rings (SSSR count). The maximum atomic E-state index is 11.9. The van der Waals surface area contributed by atoms with E-state index >= 15 is 0 Å². The number of methoxy groups -OCH3 is 4. The third-order valence-electron chi connectivity index (χ3n) is 4.06. The second-order valence-corrected chi connectivity index (χ2v) is 5.63. The third-order valence-corrected chi connectivity index (χ3v) is 4.06. The van der Waals surface area contributed by atoms with E-state index in [-0.39, 0.29) is 11.6 Å². The first-order chi connectivity index (χ1) is 12.4. The van der Waals surface area contributed by atoms with Gasteiger partial charge >= 0.3 is 0 Å². The summed E-state index contributed by atoms with van der Waals surface area (Å²) in [7, 11) is 6.01. The Labute approximate surface area is 152 Å². The normalized spacial score (nSPS) is 10.2. The Morgan fingerprint density at radius 2 is 0.962 bits per heavy atom. The lowest BCUT2D eigenvalue weighted by Gasteiger charge is -2.19. The van der Waals surface area contributed by atoms with Crippen molar-refractivity contribution in [1.29, 1.82) is 0 Å². The van der Waals surface area contributed by atoms with Gasteiger partial charge in [-0.1, -0.05) is 0 Å². The minimum atomic E-state index is -0.124. The Morgan fingerprint density at radius 3 is 1.19 bits per heavy atom. The van der Waals surface area contributed by atoms with Crippen LogP contribution >= 0.6 is 0 Å². The predicted octanol–water partition coefficient (Wildman–Crippen LogP) is 3.79. The number of rotatable bonds is 7. The monoisotopic (exact) mass is 358 g/mol. The van der Waals surface area contributed by atoms with Crippen molar-refractivity contribution in [1.82, 2.24) is 0 Å². The summed E-state index contributed by atoms with van der Waals surface area (Å²) in [5.41, 5.74) is 2.03. The van der Waals surface area contributed by atoms with E-state index in [1.165, 1.54) is 42.3 Å². The number of benzene rings is 2. The lowest BCUT2D eigenvalue weighted by atomic mass is 9.96. The van der Waals surface area contributed by atoms with Crippen LogP contribution in [0, 0.1) is 0 Å². The van der Waals surface area contributed by atoms with Gasteiger partial charge in [0.2, 0.25) is 0 Å². The molecule has 0 aliphatic rings. The maximum Gasteiger partial charge on any atom is 0.168 e. The fourth-order valence-electron chi connectivity index (χ4n) is 2.74. The molecular weight excluding hydrogens is 336 g/mol. The van der Waals surface area contributed by atoms with Crippen molar-refractivity contribution in [2.75, 3.05) is 28.4 Å². The van der Waals surface area contributed by atoms with Crippen LogP contribution in [0.3, 0.4) is 0 Å². The van der Waals surface area contributed by atoms with Gasteiger partial charge in [-0.2, -0.15) is 0 Å². The van der Waals surface area contributed by atoms with E-state index in [0.717, 1.165) is 0 Å². The van der Waals surface area contributed by atoms with Crippen LogP contribution in [0.4, 0.5) is 0 Å². The molecule has 0 bridgehead atoms. The molecule has 6 heteroatoms. The summed E-state index contributed by atoms with van der Waals surface area (Å²) in [6.45, 7) is 2.93. The number of hydrogen-bond donors (Lipinski definition) is 0. The van der Waals surface area contributed by atoms with Gasteiger partial charge in [0.1, 0.15) is 0 Å². The summed E-state index contributed by atoms with van der Waals surface area (Å²) < 4.78 is 21.8. The zero-order chi connectivity index (χ0) is 19.4. The van der Waals surface area contributed by atoms with Crippen LogP contribution in [0.15, 0.2) is 24.3 Å². The molecule has 0 atom stereocenters. The number of carbonyl (C=O) groups is 2. The lowest BCUT2D eigenvalue weighted by molar-refractivity contribution is 0.100. The van der Waals surface area contributed by atoms with Crippen molar-refractivity contribution < 1.29 is 28.5 Å². The summed E-state index contributed by atoms with van der Waals surface area (Å²) in [4.78, 5) is 23.9. The molecule has 6 nitrogen and oxygen atoms in total. The number of carbonyl (C=O) groups excluding carboxylic acids is 2. The van der Waals surface area contributed by atoms with Crippen LogP contribution in [0.25, 0.3) is 11.1 Å². The fourth-order valence-corrected chi connectivity index (χ4v) is 2.74. The van der Waals surface area contributed by atoms with Crippen molar-refractivity contribution >= 4 is 11.6 Å². The smallest absolute Gasteiger partial charge is 0.168 e. The Morgan fingerprint density at radius 1 is 0.615 bits per heavy atom. The molecule has 26 heavy (non-hydrogen) atoms. The quantitative estimate of drug-likeness (QED) is 0.701. The van der Waals surface area contributed by atoms with Gasteiger partial charge in [0.25, 0.3) is 0 Å². The van der Waals surface area contributed by atoms with E-state index in [4.69, 9.17) is 18.9 Å². The van der Waals surface area contributed by atoms with Crippen molar-refractivity contribution in [2.45, 2.75) is 13.8 Å². The van der Waals surface area contributed by atoms with Crippen LogP contribution < -0.4 is 18.9 Å². The zero-order valence-corrected chi connectivity index (χ0v) is 15.8. The van der Waals surface area contributed by atoms with Gasteiger partial charge in [0.15, 0.2) is 34.6 Å². The molecule has 0 aliphatic heterocycles. The minimum absolute atomic E-state index is 0.124. The van der Waals surface area contributed by atoms with Crippen molar-refractivity contribution in [3.63, 3.8) is 0 Å². The molecule has 0 N–H and O–H groups in total. The first kappa shape index (κ1) is 19.3. The second kappa shape index (κ2) is 7.91. The summed E-state index contributed by atoms with van der Waals surface area (Å²) in [6, 6.07) is 6.60. The maximum absolute atomic E-state index is 11.9. The number of Topliss-reactive ketones (excluding diaryl/α,β-unsaturated/α-hetero) is 2. The van der Waals surface area contributed by atoms with Gasteiger partial charge < -0.3 is 18.9 Å². The Bertz CT molecular complexity index is 782. The fraction of sp³-hybridized carbons (Fsp3) is 0.300. The molecule has 0 heterocycles. The average Bonchev–Trinajstić information content (AvgIpc) is 2.65. The molecule has 138 valence electrons. The summed E-state index contributed by atoms with van der Waals surface area (Å²) >= 11 is 0. The molecule has 0 spiro atoms. The molecule has 0 saturated heterocycles. The summed E-state index contributed by atoms with van der Waals surface area (Å²) in [6.07, 6.45) is 0. The van der Waals surface area contributed by atoms with Crippen LogP contribution in [0.1, 0.15) is 34.6 Å². The molecular formula is C20H22O6. The number of hydrogen-bond acceptors (Lipinski definition) is 6.